The van der Waals surface area contributed by atoms with Crippen LogP contribution in [0.25, 0.3) is 0 Å². The minimum Gasteiger partial charge on any atom is -0.371 e. The smallest absolute Gasteiger partial charge is 0.137 e. The SMILES string of the molecule is CCNc1ncnc(N2CC3CCC(C2)O3)c1C(C)C. The van der Waals surface area contributed by atoms with E-state index in [0.717, 1.165) is 31.3 Å². The van der Waals surface area contributed by atoms with E-state index in [1.165, 1.54) is 18.4 Å². The van der Waals surface area contributed by atoms with E-state index in [1.54, 1.807) is 6.33 Å². The van der Waals surface area contributed by atoms with Gasteiger partial charge in [0.25, 0.3) is 0 Å². The van der Waals surface area contributed by atoms with Gasteiger partial charge in [0.15, 0.2) is 0 Å². The zero-order valence-electron chi connectivity index (χ0n) is 12.6. The van der Waals surface area contributed by atoms with Gasteiger partial charge in [-0.15, -0.1) is 0 Å². The molecule has 2 atom stereocenters. The van der Waals surface area contributed by atoms with Gasteiger partial charge in [0.05, 0.1) is 12.2 Å². The van der Waals surface area contributed by atoms with Crippen molar-refractivity contribution < 1.29 is 4.74 Å². The maximum atomic E-state index is 5.93. The molecule has 2 aliphatic heterocycles. The summed E-state index contributed by atoms with van der Waals surface area (Å²) in [6.45, 7) is 9.30. The van der Waals surface area contributed by atoms with Crippen LogP contribution in [-0.4, -0.2) is 41.8 Å². The Balaban J connectivity index is 1.93. The summed E-state index contributed by atoms with van der Waals surface area (Å²) in [6.07, 6.45) is 4.81. The normalized spacial score (nSPS) is 25.3. The molecule has 3 rings (SSSR count). The van der Waals surface area contributed by atoms with E-state index in [-0.39, 0.29) is 0 Å². The molecule has 0 radical (unpaired) electrons. The molecule has 20 heavy (non-hydrogen) atoms. The van der Waals surface area contributed by atoms with Gasteiger partial charge in [0.2, 0.25) is 0 Å². The molecule has 2 unspecified atom stereocenters. The fourth-order valence-corrected chi connectivity index (χ4v) is 3.27. The van der Waals surface area contributed by atoms with Crippen molar-refractivity contribution in [3.8, 4) is 0 Å². The van der Waals surface area contributed by atoms with Gasteiger partial charge in [0.1, 0.15) is 18.0 Å². The second-order valence-corrected chi connectivity index (χ2v) is 6.01. The molecule has 2 saturated heterocycles. The number of nitrogens with one attached hydrogen (secondary N) is 1. The summed E-state index contributed by atoms with van der Waals surface area (Å²) in [5.41, 5.74) is 1.23. The molecule has 0 aliphatic carbocycles. The van der Waals surface area contributed by atoms with Crippen molar-refractivity contribution >= 4 is 11.6 Å². The highest BCUT2D eigenvalue weighted by Gasteiger charge is 2.35. The average Bonchev–Trinajstić information content (AvgIpc) is 2.77. The van der Waals surface area contributed by atoms with Gasteiger partial charge < -0.3 is 15.0 Å². The number of aromatic nitrogens is 2. The Hall–Kier alpha value is -1.36. The van der Waals surface area contributed by atoms with Gasteiger partial charge in [0, 0.05) is 25.2 Å². The van der Waals surface area contributed by atoms with Gasteiger partial charge in [-0.05, 0) is 25.7 Å². The van der Waals surface area contributed by atoms with Gasteiger partial charge in [-0.25, -0.2) is 9.97 Å². The fourth-order valence-electron chi connectivity index (χ4n) is 3.27. The van der Waals surface area contributed by atoms with Crippen LogP contribution in [0.2, 0.25) is 0 Å². The molecule has 110 valence electrons. The summed E-state index contributed by atoms with van der Waals surface area (Å²) in [5.74, 6) is 2.47. The van der Waals surface area contributed by atoms with Crippen LogP contribution in [0.1, 0.15) is 45.1 Å². The van der Waals surface area contributed by atoms with E-state index in [9.17, 15) is 0 Å². The van der Waals surface area contributed by atoms with Crippen LogP contribution in [0.3, 0.4) is 0 Å². The van der Waals surface area contributed by atoms with Crippen molar-refractivity contribution in [3.05, 3.63) is 11.9 Å². The highest BCUT2D eigenvalue weighted by Crippen LogP contribution is 2.35. The summed E-state index contributed by atoms with van der Waals surface area (Å²) in [7, 11) is 0. The molecule has 3 heterocycles. The summed E-state index contributed by atoms with van der Waals surface area (Å²) in [5, 5.41) is 3.37. The lowest BCUT2D eigenvalue weighted by atomic mass is 10.0. The topological polar surface area (TPSA) is 50.3 Å². The monoisotopic (exact) mass is 276 g/mol. The highest BCUT2D eigenvalue weighted by atomic mass is 16.5. The second kappa shape index (κ2) is 5.56. The van der Waals surface area contributed by atoms with Crippen molar-refractivity contribution in [3.63, 3.8) is 0 Å². The number of nitrogens with zero attached hydrogens (tertiary/aromatic N) is 3. The molecule has 0 amide bonds. The van der Waals surface area contributed by atoms with Crippen LogP contribution in [0.4, 0.5) is 11.6 Å². The lowest BCUT2D eigenvalue weighted by Crippen LogP contribution is -2.43. The van der Waals surface area contributed by atoms with Gasteiger partial charge in [-0.2, -0.15) is 0 Å². The first kappa shape index (κ1) is 13.6. The van der Waals surface area contributed by atoms with Crippen molar-refractivity contribution in [1.29, 1.82) is 0 Å². The predicted molar refractivity (Wildman–Crippen MR) is 80.4 cm³/mol. The Morgan fingerprint density at radius 3 is 2.60 bits per heavy atom. The number of ether oxygens (including phenoxy) is 1. The Morgan fingerprint density at radius 1 is 1.30 bits per heavy atom. The third-order valence-electron chi connectivity index (χ3n) is 4.13. The minimum atomic E-state index is 0.381. The molecule has 1 aromatic rings. The van der Waals surface area contributed by atoms with Gasteiger partial charge >= 0.3 is 0 Å². The Kier molecular flexibility index (Phi) is 3.78. The second-order valence-electron chi connectivity index (χ2n) is 6.01. The van der Waals surface area contributed by atoms with Crippen LogP contribution in [0, 0.1) is 0 Å². The molecule has 5 nitrogen and oxygen atoms in total. The van der Waals surface area contributed by atoms with E-state index in [1.807, 2.05) is 0 Å². The van der Waals surface area contributed by atoms with Crippen LogP contribution < -0.4 is 10.2 Å². The minimum absolute atomic E-state index is 0.381. The fraction of sp³-hybridized carbons (Fsp3) is 0.733. The van der Waals surface area contributed by atoms with Crippen LogP contribution in [-0.2, 0) is 4.74 Å². The molecule has 0 aromatic carbocycles. The lowest BCUT2D eigenvalue weighted by molar-refractivity contribution is 0.0301. The van der Waals surface area contributed by atoms with Crippen LogP contribution in [0.5, 0.6) is 0 Å². The number of morpholine rings is 1. The standard InChI is InChI=1S/C15H24N4O/c1-4-16-14-13(10(2)3)15(18-9-17-14)19-7-11-5-6-12(8-19)20-11/h9-12H,4-8H2,1-3H3,(H,16,17,18). The summed E-state index contributed by atoms with van der Waals surface area (Å²) < 4.78 is 5.93. The zero-order chi connectivity index (χ0) is 14.1. The molecule has 0 saturated carbocycles. The number of hydrogen-bond donors (Lipinski definition) is 1. The number of hydrogen-bond acceptors (Lipinski definition) is 5. The van der Waals surface area contributed by atoms with Crippen molar-refractivity contribution in [2.75, 3.05) is 29.9 Å². The molecule has 2 aliphatic rings. The van der Waals surface area contributed by atoms with E-state index in [2.05, 4.69) is 41.0 Å². The quantitative estimate of drug-likeness (QED) is 0.915. The summed E-state index contributed by atoms with van der Waals surface area (Å²) >= 11 is 0. The highest BCUT2D eigenvalue weighted by molar-refractivity contribution is 5.60. The average molecular weight is 276 g/mol. The molecule has 0 spiro atoms. The first-order valence-corrected chi connectivity index (χ1v) is 7.68. The Bertz CT molecular complexity index is 465. The maximum Gasteiger partial charge on any atom is 0.137 e. The Morgan fingerprint density at radius 2 is 2.00 bits per heavy atom. The third kappa shape index (κ3) is 2.46. The molecule has 5 heteroatoms. The third-order valence-corrected chi connectivity index (χ3v) is 4.13. The van der Waals surface area contributed by atoms with E-state index < -0.39 is 0 Å². The first-order valence-electron chi connectivity index (χ1n) is 7.68. The first-order chi connectivity index (χ1) is 9.69. The van der Waals surface area contributed by atoms with E-state index in [4.69, 9.17) is 4.74 Å². The summed E-state index contributed by atoms with van der Waals surface area (Å²) in [6, 6.07) is 0. The van der Waals surface area contributed by atoms with Crippen LogP contribution >= 0.6 is 0 Å². The maximum absolute atomic E-state index is 5.93. The molecular formula is C15H24N4O. The molecule has 1 N–H and O–H groups in total. The van der Waals surface area contributed by atoms with E-state index >= 15 is 0 Å². The van der Waals surface area contributed by atoms with Crippen molar-refractivity contribution in [2.24, 2.45) is 0 Å². The number of rotatable bonds is 4. The molecule has 2 fully saturated rings. The van der Waals surface area contributed by atoms with Crippen molar-refractivity contribution in [2.45, 2.75) is 51.7 Å². The van der Waals surface area contributed by atoms with Crippen LogP contribution in [0.15, 0.2) is 6.33 Å². The number of fused-ring (bicyclic) bond motifs is 2. The largest absolute Gasteiger partial charge is 0.371 e. The zero-order valence-corrected chi connectivity index (χ0v) is 12.6. The molecular weight excluding hydrogens is 252 g/mol. The lowest BCUT2D eigenvalue weighted by Gasteiger charge is -2.34. The number of anilines is 2. The van der Waals surface area contributed by atoms with Gasteiger partial charge in [-0.3, -0.25) is 0 Å². The van der Waals surface area contributed by atoms with E-state index in [0.29, 0.717) is 18.1 Å². The summed E-state index contributed by atoms with van der Waals surface area (Å²) in [4.78, 5) is 11.4. The molecule has 1 aromatic heterocycles. The predicted octanol–water partition coefficient (Wildman–Crippen LogP) is 2.40. The Labute approximate surface area is 120 Å². The van der Waals surface area contributed by atoms with Gasteiger partial charge in [-0.1, -0.05) is 13.8 Å². The molecule has 2 bridgehead atoms. The van der Waals surface area contributed by atoms with Crippen molar-refractivity contribution in [1.82, 2.24) is 9.97 Å².